The molecule has 0 saturated carbocycles. The predicted molar refractivity (Wildman–Crippen MR) is 84.3 cm³/mol. The zero-order valence-corrected chi connectivity index (χ0v) is 14.0. The fourth-order valence-electron chi connectivity index (χ4n) is 2.42. The number of piperidine rings is 1. The van der Waals surface area contributed by atoms with E-state index >= 15 is 0 Å². The molecule has 7 heteroatoms. The van der Waals surface area contributed by atoms with Crippen LogP contribution in [0, 0.1) is 6.92 Å². The molecule has 1 N–H and O–H groups in total. The van der Waals surface area contributed by atoms with Gasteiger partial charge in [-0.25, -0.2) is 8.42 Å². The first-order chi connectivity index (χ1) is 8.93. The summed E-state index contributed by atoms with van der Waals surface area (Å²) in [4.78, 5) is 0.345. The van der Waals surface area contributed by atoms with Gasteiger partial charge in [-0.05, 0) is 56.6 Å². The van der Waals surface area contributed by atoms with Crippen LogP contribution in [0.15, 0.2) is 23.1 Å². The fourth-order valence-corrected chi connectivity index (χ4v) is 4.27. The van der Waals surface area contributed by atoms with Gasteiger partial charge in [0.15, 0.2) is 0 Å². The molecule has 1 saturated heterocycles. The molecular formula is C13H20Cl2N2O2S. The van der Waals surface area contributed by atoms with Crippen molar-refractivity contribution in [1.29, 1.82) is 0 Å². The lowest BCUT2D eigenvalue weighted by Crippen LogP contribution is -2.44. The van der Waals surface area contributed by atoms with Crippen molar-refractivity contribution >= 4 is 34.0 Å². The first kappa shape index (κ1) is 17.7. The molecule has 114 valence electrons. The Morgan fingerprint density at radius 3 is 2.45 bits per heavy atom. The van der Waals surface area contributed by atoms with Crippen LogP contribution in [-0.2, 0) is 10.0 Å². The number of benzene rings is 1. The Hall–Kier alpha value is -0.330. The minimum Gasteiger partial charge on any atom is -0.317 e. The molecule has 2 rings (SSSR count). The number of halogens is 2. The lowest BCUT2D eigenvalue weighted by molar-refractivity contribution is 0.296. The van der Waals surface area contributed by atoms with Gasteiger partial charge in [0.25, 0.3) is 0 Å². The van der Waals surface area contributed by atoms with Gasteiger partial charge in [-0.3, -0.25) is 0 Å². The zero-order valence-electron chi connectivity index (χ0n) is 11.6. The van der Waals surface area contributed by atoms with Gasteiger partial charge in [-0.15, -0.1) is 12.4 Å². The van der Waals surface area contributed by atoms with E-state index in [0.29, 0.717) is 15.5 Å². The van der Waals surface area contributed by atoms with E-state index in [9.17, 15) is 8.42 Å². The topological polar surface area (TPSA) is 49.4 Å². The van der Waals surface area contributed by atoms with Crippen molar-refractivity contribution in [3.05, 3.63) is 28.8 Å². The Morgan fingerprint density at radius 2 is 1.90 bits per heavy atom. The van der Waals surface area contributed by atoms with Gasteiger partial charge in [0.1, 0.15) is 0 Å². The predicted octanol–water partition coefficient (Wildman–Crippen LogP) is 2.44. The van der Waals surface area contributed by atoms with E-state index in [0.717, 1.165) is 25.9 Å². The van der Waals surface area contributed by atoms with Crippen molar-refractivity contribution in [2.45, 2.75) is 30.7 Å². The molecule has 1 aromatic rings. The van der Waals surface area contributed by atoms with Gasteiger partial charge < -0.3 is 5.32 Å². The molecule has 0 aromatic heterocycles. The van der Waals surface area contributed by atoms with Gasteiger partial charge >= 0.3 is 0 Å². The number of nitrogens with one attached hydrogen (secondary N) is 1. The smallest absolute Gasteiger partial charge is 0.243 e. The van der Waals surface area contributed by atoms with Gasteiger partial charge in [-0.2, -0.15) is 4.31 Å². The van der Waals surface area contributed by atoms with Crippen molar-refractivity contribution < 1.29 is 8.42 Å². The largest absolute Gasteiger partial charge is 0.317 e. The van der Waals surface area contributed by atoms with Crippen molar-refractivity contribution in [1.82, 2.24) is 9.62 Å². The summed E-state index contributed by atoms with van der Waals surface area (Å²) < 4.78 is 26.8. The average Bonchev–Trinajstić information content (AvgIpc) is 2.38. The van der Waals surface area contributed by atoms with Crippen molar-refractivity contribution in [3.8, 4) is 0 Å². The minimum absolute atomic E-state index is 0. The molecule has 1 aromatic carbocycles. The summed E-state index contributed by atoms with van der Waals surface area (Å²) in [6, 6.07) is 4.97. The Bertz CT molecular complexity index is 557. The number of hydrogen-bond donors (Lipinski definition) is 1. The maximum absolute atomic E-state index is 12.6. The fraction of sp³-hybridized carbons (Fsp3) is 0.538. The zero-order chi connectivity index (χ0) is 14.0. The van der Waals surface area contributed by atoms with E-state index in [1.54, 1.807) is 32.2 Å². The molecule has 1 aliphatic heterocycles. The van der Waals surface area contributed by atoms with Crippen LogP contribution in [0.25, 0.3) is 0 Å². The second-order valence-corrected chi connectivity index (χ2v) is 7.31. The molecule has 1 aliphatic rings. The van der Waals surface area contributed by atoms with Gasteiger partial charge in [0.05, 0.1) is 4.90 Å². The highest BCUT2D eigenvalue weighted by molar-refractivity contribution is 7.89. The van der Waals surface area contributed by atoms with Crippen molar-refractivity contribution in [3.63, 3.8) is 0 Å². The highest BCUT2D eigenvalue weighted by Crippen LogP contribution is 2.25. The van der Waals surface area contributed by atoms with Crippen LogP contribution in [-0.4, -0.2) is 38.9 Å². The molecule has 0 unspecified atom stereocenters. The Kier molecular flexibility index (Phi) is 6.28. The summed E-state index contributed by atoms with van der Waals surface area (Å²) in [7, 11) is -1.77. The summed E-state index contributed by atoms with van der Waals surface area (Å²) in [5.74, 6) is 0. The van der Waals surface area contributed by atoms with Crippen LogP contribution in [0.4, 0.5) is 0 Å². The molecule has 20 heavy (non-hydrogen) atoms. The molecule has 1 fully saturated rings. The van der Waals surface area contributed by atoms with E-state index in [4.69, 9.17) is 11.6 Å². The normalized spacial score (nSPS) is 17.0. The number of sulfonamides is 1. The van der Waals surface area contributed by atoms with Crippen LogP contribution in [0.3, 0.4) is 0 Å². The highest BCUT2D eigenvalue weighted by Gasteiger charge is 2.29. The summed E-state index contributed by atoms with van der Waals surface area (Å²) in [5, 5.41) is 3.80. The summed E-state index contributed by atoms with van der Waals surface area (Å²) in [5.41, 5.74) is 0.688. The van der Waals surface area contributed by atoms with E-state index in [1.165, 1.54) is 4.31 Å². The van der Waals surface area contributed by atoms with Crippen LogP contribution < -0.4 is 5.32 Å². The van der Waals surface area contributed by atoms with Gasteiger partial charge in [0, 0.05) is 18.1 Å². The Morgan fingerprint density at radius 1 is 1.30 bits per heavy atom. The molecule has 1 heterocycles. The lowest BCUT2D eigenvalue weighted by atomic mass is 10.1. The third-order valence-corrected chi connectivity index (χ3v) is 5.92. The molecule has 0 amide bonds. The third-order valence-electron chi connectivity index (χ3n) is 3.62. The summed E-state index contributed by atoms with van der Waals surface area (Å²) in [6.45, 7) is 3.50. The second-order valence-electron chi connectivity index (χ2n) is 4.91. The maximum Gasteiger partial charge on any atom is 0.243 e. The van der Waals surface area contributed by atoms with E-state index in [2.05, 4.69) is 5.32 Å². The monoisotopic (exact) mass is 338 g/mol. The molecule has 0 atom stereocenters. The van der Waals surface area contributed by atoms with Crippen molar-refractivity contribution in [2.75, 3.05) is 20.1 Å². The average molecular weight is 339 g/mol. The molecule has 4 nitrogen and oxygen atoms in total. The Labute approximate surface area is 132 Å². The molecule has 0 radical (unpaired) electrons. The van der Waals surface area contributed by atoms with Crippen molar-refractivity contribution in [2.24, 2.45) is 0 Å². The summed E-state index contributed by atoms with van der Waals surface area (Å²) in [6.07, 6.45) is 1.70. The number of rotatable bonds is 3. The quantitative estimate of drug-likeness (QED) is 0.920. The van der Waals surface area contributed by atoms with Crippen LogP contribution >= 0.6 is 24.0 Å². The number of hydrogen-bond acceptors (Lipinski definition) is 3. The van der Waals surface area contributed by atoms with Crippen LogP contribution in [0.1, 0.15) is 18.4 Å². The molecule has 0 aliphatic carbocycles. The standard InChI is InChI=1S/C13H19ClN2O2S.ClH/c1-10-9-11(14)3-4-13(10)19(17,18)16(2)12-5-7-15-8-6-12;/h3-4,9,12,15H,5-8H2,1-2H3;1H. The van der Waals surface area contributed by atoms with E-state index in [-0.39, 0.29) is 18.4 Å². The van der Waals surface area contributed by atoms with E-state index < -0.39 is 10.0 Å². The van der Waals surface area contributed by atoms with Crippen LogP contribution in [0.2, 0.25) is 5.02 Å². The first-order valence-electron chi connectivity index (χ1n) is 6.38. The van der Waals surface area contributed by atoms with E-state index in [1.807, 2.05) is 0 Å². The lowest BCUT2D eigenvalue weighted by Gasteiger charge is -2.31. The molecule has 0 bridgehead atoms. The Balaban J connectivity index is 0.00000200. The summed E-state index contributed by atoms with van der Waals surface area (Å²) >= 11 is 5.88. The molecular weight excluding hydrogens is 319 g/mol. The highest BCUT2D eigenvalue weighted by atomic mass is 35.5. The second kappa shape index (κ2) is 7.09. The van der Waals surface area contributed by atoms with Gasteiger partial charge in [-0.1, -0.05) is 11.6 Å². The number of aryl methyl sites for hydroxylation is 1. The van der Waals surface area contributed by atoms with Crippen LogP contribution in [0.5, 0.6) is 0 Å². The SMILES string of the molecule is Cc1cc(Cl)ccc1S(=O)(=O)N(C)C1CCNCC1.Cl. The third kappa shape index (κ3) is 3.65. The maximum atomic E-state index is 12.6. The number of nitrogens with zero attached hydrogens (tertiary/aromatic N) is 1. The molecule has 0 spiro atoms. The van der Waals surface area contributed by atoms with Gasteiger partial charge in [0.2, 0.25) is 10.0 Å². The minimum atomic E-state index is -3.44. The first-order valence-corrected chi connectivity index (χ1v) is 8.19.